The second kappa shape index (κ2) is 12.2. The molecule has 0 aliphatic carbocycles. The number of methoxy groups -OCH3 is 1. The van der Waals surface area contributed by atoms with Crippen molar-refractivity contribution in [2.45, 2.75) is 65.9 Å². The monoisotopic (exact) mass is 473 g/mol. The number of phenolic OH excluding ortho intramolecular Hbond substituents is 1. The molecule has 1 N–H and O–H groups in total. The number of carbonyl (C=O) groups is 2. The lowest BCUT2D eigenvalue weighted by Gasteiger charge is -2.28. The van der Waals surface area contributed by atoms with Crippen LogP contribution in [0.5, 0.6) is 17.2 Å². The fourth-order valence-corrected chi connectivity index (χ4v) is 3.03. The molecule has 2 aromatic carbocycles. The van der Waals surface area contributed by atoms with Crippen LogP contribution in [0.2, 0.25) is 0 Å². The molecule has 0 saturated heterocycles. The number of ether oxygens (including phenoxy) is 4. The summed E-state index contributed by atoms with van der Waals surface area (Å²) in [4.78, 5) is 26.5. The second-order valence-electron chi connectivity index (χ2n) is 9.07. The maximum Gasteiger partial charge on any atom is 0.410 e. The van der Waals surface area contributed by atoms with Crippen molar-refractivity contribution in [1.82, 2.24) is 4.90 Å². The topological polar surface area (TPSA) is 94.5 Å². The number of rotatable bonds is 10. The van der Waals surface area contributed by atoms with Gasteiger partial charge in [-0.3, -0.25) is 4.79 Å². The molecular formula is C26H35NO7. The van der Waals surface area contributed by atoms with Crippen LogP contribution in [0.15, 0.2) is 42.5 Å². The van der Waals surface area contributed by atoms with Gasteiger partial charge in [0.25, 0.3) is 0 Å². The van der Waals surface area contributed by atoms with E-state index in [4.69, 9.17) is 18.9 Å². The predicted octanol–water partition coefficient (Wildman–Crippen LogP) is 5.06. The van der Waals surface area contributed by atoms with Gasteiger partial charge in [0.15, 0.2) is 11.5 Å². The smallest absolute Gasteiger partial charge is 0.410 e. The van der Waals surface area contributed by atoms with Crippen molar-refractivity contribution in [2.24, 2.45) is 0 Å². The summed E-state index contributed by atoms with van der Waals surface area (Å²) >= 11 is 0. The van der Waals surface area contributed by atoms with Crippen molar-refractivity contribution in [3.63, 3.8) is 0 Å². The van der Waals surface area contributed by atoms with Gasteiger partial charge < -0.3 is 29.0 Å². The number of hydrogen-bond acceptors (Lipinski definition) is 7. The quantitative estimate of drug-likeness (QED) is 0.482. The molecule has 0 aromatic heterocycles. The van der Waals surface area contributed by atoms with Crippen LogP contribution in [0.25, 0.3) is 0 Å². The zero-order valence-corrected chi connectivity index (χ0v) is 20.8. The van der Waals surface area contributed by atoms with E-state index in [2.05, 4.69) is 0 Å². The number of amides is 1. The highest BCUT2D eigenvalue weighted by molar-refractivity contribution is 5.72. The van der Waals surface area contributed by atoms with E-state index in [1.54, 1.807) is 32.9 Å². The summed E-state index contributed by atoms with van der Waals surface area (Å²) in [5.41, 5.74) is 0.581. The van der Waals surface area contributed by atoms with Crippen LogP contribution in [-0.2, 0) is 27.4 Å². The SMILES string of the molecule is COc1ccc(CN(CCC(=O)OCc2ccccc2)C(=O)OC(C)(C)C)c(O)c1OC(C)C. The number of benzene rings is 2. The van der Waals surface area contributed by atoms with Crippen molar-refractivity contribution in [1.29, 1.82) is 0 Å². The third kappa shape index (κ3) is 8.50. The van der Waals surface area contributed by atoms with Gasteiger partial charge >= 0.3 is 12.1 Å². The average Bonchev–Trinajstić information content (AvgIpc) is 2.76. The highest BCUT2D eigenvalue weighted by atomic mass is 16.6. The Morgan fingerprint density at radius 3 is 2.32 bits per heavy atom. The van der Waals surface area contributed by atoms with Crippen molar-refractivity contribution in [2.75, 3.05) is 13.7 Å². The number of aromatic hydroxyl groups is 1. The molecule has 2 rings (SSSR count). The van der Waals surface area contributed by atoms with Crippen LogP contribution >= 0.6 is 0 Å². The van der Waals surface area contributed by atoms with Crippen molar-refractivity contribution in [3.05, 3.63) is 53.6 Å². The Morgan fingerprint density at radius 2 is 1.74 bits per heavy atom. The first kappa shape index (κ1) is 26.8. The summed E-state index contributed by atoms with van der Waals surface area (Å²) in [5, 5.41) is 10.8. The summed E-state index contributed by atoms with van der Waals surface area (Å²) in [7, 11) is 1.48. The van der Waals surface area contributed by atoms with Gasteiger partial charge in [0, 0.05) is 12.1 Å². The summed E-state index contributed by atoms with van der Waals surface area (Å²) in [6.07, 6.45) is -0.834. The highest BCUT2D eigenvalue weighted by Gasteiger charge is 2.25. The lowest BCUT2D eigenvalue weighted by molar-refractivity contribution is -0.145. The van der Waals surface area contributed by atoms with E-state index in [9.17, 15) is 14.7 Å². The van der Waals surface area contributed by atoms with E-state index in [1.807, 2.05) is 44.2 Å². The van der Waals surface area contributed by atoms with Gasteiger partial charge in [-0.15, -0.1) is 0 Å². The molecule has 0 heterocycles. The molecule has 1 amide bonds. The maximum atomic E-state index is 12.9. The van der Waals surface area contributed by atoms with Gasteiger partial charge in [0.05, 0.1) is 26.2 Å². The average molecular weight is 474 g/mol. The standard InChI is InChI=1S/C26H35NO7/c1-18(2)33-24-21(31-6)13-12-20(23(24)29)16-27(25(30)34-26(3,4)5)15-14-22(28)32-17-19-10-8-7-9-11-19/h7-13,18,29H,14-17H2,1-6H3. The Hall–Kier alpha value is -3.42. The van der Waals surface area contributed by atoms with Crippen LogP contribution in [-0.4, -0.2) is 47.4 Å². The molecule has 0 saturated carbocycles. The van der Waals surface area contributed by atoms with Gasteiger partial charge in [0.1, 0.15) is 12.2 Å². The maximum absolute atomic E-state index is 12.9. The number of esters is 1. The predicted molar refractivity (Wildman–Crippen MR) is 128 cm³/mol. The van der Waals surface area contributed by atoms with Crippen molar-refractivity contribution >= 4 is 12.1 Å². The third-order valence-corrected chi connectivity index (χ3v) is 4.59. The Labute approximate surface area is 201 Å². The van der Waals surface area contributed by atoms with Gasteiger partial charge in [-0.25, -0.2) is 4.79 Å². The molecule has 0 radical (unpaired) electrons. The van der Waals surface area contributed by atoms with Gasteiger partial charge in [0.2, 0.25) is 5.75 Å². The van der Waals surface area contributed by atoms with Gasteiger partial charge in [-0.2, -0.15) is 0 Å². The van der Waals surface area contributed by atoms with E-state index in [-0.39, 0.29) is 43.7 Å². The summed E-state index contributed by atoms with van der Waals surface area (Å²) in [6, 6.07) is 12.7. The first-order valence-electron chi connectivity index (χ1n) is 11.2. The van der Waals surface area contributed by atoms with Crippen LogP contribution < -0.4 is 9.47 Å². The molecule has 0 fully saturated rings. The molecule has 8 nitrogen and oxygen atoms in total. The van der Waals surface area contributed by atoms with Crippen LogP contribution in [0.4, 0.5) is 4.79 Å². The summed E-state index contributed by atoms with van der Waals surface area (Å²) in [6.45, 7) is 9.16. The van der Waals surface area contributed by atoms with E-state index in [0.29, 0.717) is 11.3 Å². The molecule has 0 unspecified atom stereocenters. The van der Waals surface area contributed by atoms with E-state index in [1.165, 1.54) is 12.0 Å². The van der Waals surface area contributed by atoms with Crippen LogP contribution in [0.3, 0.4) is 0 Å². The third-order valence-electron chi connectivity index (χ3n) is 4.59. The molecule has 2 aromatic rings. The Bertz CT molecular complexity index is 952. The lowest BCUT2D eigenvalue weighted by Crippen LogP contribution is -2.37. The molecule has 0 aliphatic heterocycles. The molecule has 8 heteroatoms. The summed E-state index contributed by atoms with van der Waals surface area (Å²) in [5.74, 6) is -0.00174. The fraction of sp³-hybridized carbons (Fsp3) is 0.462. The normalized spacial score (nSPS) is 11.1. The van der Waals surface area contributed by atoms with Gasteiger partial charge in [-0.1, -0.05) is 30.3 Å². The Morgan fingerprint density at radius 1 is 1.06 bits per heavy atom. The zero-order chi connectivity index (χ0) is 25.3. The highest BCUT2D eigenvalue weighted by Crippen LogP contribution is 2.40. The van der Waals surface area contributed by atoms with Gasteiger partial charge in [-0.05, 0) is 52.3 Å². The van der Waals surface area contributed by atoms with Crippen LogP contribution in [0, 0.1) is 0 Å². The molecule has 0 bridgehead atoms. The molecule has 0 atom stereocenters. The molecule has 186 valence electrons. The van der Waals surface area contributed by atoms with Crippen molar-refractivity contribution in [3.8, 4) is 17.2 Å². The number of nitrogens with zero attached hydrogens (tertiary/aromatic N) is 1. The largest absolute Gasteiger partial charge is 0.504 e. The fourth-order valence-electron chi connectivity index (χ4n) is 3.03. The minimum absolute atomic E-state index is 0.00512. The second-order valence-corrected chi connectivity index (χ2v) is 9.07. The number of phenols is 1. The first-order valence-corrected chi connectivity index (χ1v) is 11.2. The van der Waals surface area contributed by atoms with E-state index < -0.39 is 17.7 Å². The molecule has 34 heavy (non-hydrogen) atoms. The molecule has 0 spiro atoms. The molecular weight excluding hydrogens is 438 g/mol. The van der Waals surface area contributed by atoms with E-state index >= 15 is 0 Å². The number of hydrogen-bond donors (Lipinski definition) is 1. The lowest BCUT2D eigenvalue weighted by atomic mass is 10.1. The first-order chi connectivity index (χ1) is 16.0. The Balaban J connectivity index is 2.16. The molecule has 0 aliphatic rings. The Kier molecular flexibility index (Phi) is 9.59. The number of carbonyl (C=O) groups excluding carboxylic acids is 2. The minimum Gasteiger partial charge on any atom is -0.504 e. The van der Waals surface area contributed by atoms with Crippen LogP contribution in [0.1, 0.15) is 52.2 Å². The minimum atomic E-state index is -0.725. The summed E-state index contributed by atoms with van der Waals surface area (Å²) < 4.78 is 21.8. The van der Waals surface area contributed by atoms with E-state index in [0.717, 1.165) is 5.56 Å². The van der Waals surface area contributed by atoms with Crippen molar-refractivity contribution < 1.29 is 33.6 Å². The zero-order valence-electron chi connectivity index (χ0n) is 20.8.